The van der Waals surface area contributed by atoms with Crippen LogP contribution in [0.3, 0.4) is 0 Å². The monoisotopic (exact) mass is 423 g/mol. The molecule has 9 heteroatoms. The Bertz CT molecular complexity index is 1060. The van der Waals surface area contributed by atoms with Gasteiger partial charge in [-0.2, -0.15) is 0 Å². The third kappa shape index (κ3) is 5.07. The number of rotatable bonds is 8. The average molecular weight is 423 g/mol. The molecule has 1 N–H and O–H groups in total. The summed E-state index contributed by atoms with van der Waals surface area (Å²) in [6, 6.07) is 13.6. The van der Waals surface area contributed by atoms with E-state index in [0.29, 0.717) is 18.5 Å². The molecule has 1 fully saturated rings. The van der Waals surface area contributed by atoms with Crippen molar-refractivity contribution in [2.24, 2.45) is 0 Å². The molecule has 4 rings (SSSR count). The van der Waals surface area contributed by atoms with E-state index in [1.54, 1.807) is 0 Å². The summed E-state index contributed by atoms with van der Waals surface area (Å²) in [5.74, 6) is 0.671. The highest BCUT2D eigenvalue weighted by atomic mass is 16.6. The van der Waals surface area contributed by atoms with Crippen molar-refractivity contribution in [2.45, 2.75) is 13.0 Å². The molecule has 0 saturated carbocycles. The zero-order valence-electron chi connectivity index (χ0n) is 17.2. The van der Waals surface area contributed by atoms with E-state index in [1.807, 2.05) is 18.2 Å². The van der Waals surface area contributed by atoms with E-state index in [0.717, 1.165) is 56.3 Å². The van der Waals surface area contributed by atoms with E-state index < -0.39 is 4.92 Å². The van der Waals surface area contributed by atoms with Gasteiger partial charge in [0.1, 0.15) is 5.82 Å². The summed E-state index contributed by atoms with van der Waals surface area (Å²) >= 11 is 0. The first-order chi connectivity index (χ1) is 15.1. The fourth-order valence-corrected chi connectivity index (χ4v) is 3.76. The summed E-state index contributed by atoms with van der Waals surface area (Å²) in [6.45, 7) is 5.59. The molecule has 0 spiro atoms. The van der Waals surface area contributed by atoms with Gasteiger partial charge in [-0.3, -0.25) is 19.8 Å². The number of imidazole rings is 1. The molecular formula is C22H25N5O4. The lowest BCUT2D eigenvalue weighted by molar-refractivity contribution is -0.384. The van der Waals surface area contributed by atoms with Gasteiger partial charge in [0.25, 0.3) is 11.6 Å². The first-order valence-corrected chi connectivity index (χ1v) is 10.4. The Morgan fingerprint density at radius 3 is 2.58 bits per heavy atom. The highest BCUT2D eigenvalue weighted by Crippen LogP contribution is 2.17. The molecule has 2 aromatic carbocycles. The van der Waals surface area contributed by atoms with Crippen LogP contribution in [0.1, 0.15) is 16.2 Å². The molecule has 1 aliphatic heterocycles. The van der Waals surface area contributed by atoms with E-state index >= 15 is 0 Å². The fraction of sp³-hybridized carbons (Fsp3) is 0.364. The van der Waals surface area contributed by atoms with Gasteiger partial charge in [-0.05, 0) is 24.3 Å². The van der Waals surface area contributed by atoms with Gasteiger partial charge in [-0.15, -0.1) is 0 Å². The van der Waals surface area contributed by atoms with Crippen LogP contribution >= 0.6 is 0 Å². The zero-order valence-corrected chi connectivity index (χ0v) is 17.2. The second kappa shape index (κ2) is 9.67. The van der Waals surface area contributed by atoms with Crippen LogP contribution in [0.15, 0.2) is 48.5 Å². The van der Waals surface area contributed by atoms with Crippen LogP contribution in [0, 0.1) is 10.1 Å². The number of nitrogens with one attached hydrogen (secondary N) is 1. The van der Waals surface area contributed by atoms with Gasteiger partial charge in [0, 0.05) is 56.8 Å². The number of nitro groups is 1. The summed E-state index contributed by atoms with van der Waals surface area (Å²) in [5, 5.41) is 13.6. The average Bonchev–Trinajstić information content (AvgIpc) is 3.15. The number of amides is 1. The second-order valence-electron chi connectivity index (χ2n) is 7.43. The number of morpholine rings is 1. The van der Waals surface area contributed by atoms with E-state index in [2.05, 4.69) is 20.9 Å². The van der Waals surface area contributed by atoms with Crippen molar-refractivity contribution in [1.82, 2.24) is 19.8 Å². The summed E-state index contributed by atoms with van der Waals surface area (Å²) in [4.78, 5) is 29.8. The van der Waals surface area contributed by atoms with Crippen molar-refractivity contribution in [3.05, 3.63) is 70.0 Å². The number of para-hydroxylation sites is 2. The van der Waals surface area contributed by atoms with Gasteiger partial charge in [0.2, 0.25) is 0 Å². The number of fused-ring (bicyclic) bond motifs is 1. The quantitative estimate of drug-likeness (QED) is 0.440. The second-order valence-corrected chi connectivity index (χ2v) is 7.43. The molecule has 0 unspecified atom stereocenters. The predicted octanol–water partition coefficient (Wildman–Crippen LogP) is 2.25. The van der Waals surface area contributed by atoms with E-state index in [4.69, 9.17) is 9.72 Å². The van der Waals surface area contributed by atoms with Gasteiger partial charge >= 0.3 is 0 Å². The molecule has 2 heterocycles. The number of carbonyl (C=O) groups excluding carboxylic acids is 1. The fourth-order valence-electron chi connectivity index (χ4n) is 3.76. The SMILES string of the molecule is O=C(NCCc1nc2ccccc2n1CCN1CCOCC1)c1ccc([N+](=O)[O-])cc1. The minimum atomic E-state index is -0.483. The summed E-state index contributed by atoms with van der Waals surface area (Å²) in [6.07, 6.45) is 0.594. The lowest BCUT2D eigenvalue weighted by Crippen LogP contribution is -2.38. The molecule has 162 valence electrons. The Balaban J connectivity index is 1.40. The Morgan fingerprint density at radius 2 is 1.84 bits per heavy atom. The Kier molecular flexibility index (Phi) is 6.54. The molecular weight excluding hydrogens is 398 g/mol. The number of nitrogens with zero attached hydrogens (tertiary/aromatic N) is 4. The molecule has 0 radical (unpaired) electrons. The third-order valence-corrected chi connectivity index (χ3v) is 5.45. The van der Waals surface area contributed by atoms with Crippen LogP contribution in [0.2, 0.25) is 0 Å². The minimum absolute atomic E-state index is 0.0365. The number of ether oxygens (including phenoxy) is 1. The van der Waals surface area contributed by atoms with Crippen LogP contribution in [0.25, 0.3) is 11.0 Å². The van der Waals surface area contributed by atoms with Gasteiger partial charge in [-0.1, -0.05) is 12.1 Å². The molecule has 0 aliphatic carbocycles. The maximum absolute atomic E-state index is 12.4. The first-order valence-electron chi connectivity index (χ1n) is 10.4. The Hall–Kier alpha value is -3.30. The number of non-ortho nitro benzene ring substituents is 1. The molecule has 3 aromatic rings. The van der Waals surface area contributed by atoms with Crippen LogP contribution in [-0.2, 0) is 17.7 Å². The third-order valence-electron chi connectivity index (χ3n) is 5.45. The van der Waals surface area contributed by atoms with Crippen molar-refractivity contribution in [2.75, 3.05) is 39.4 Å². The lowest BCUT2D eigenvalue weighted by Gasteiger charge is -2.27. The Labute approximate surface area is 179 Å². The molecule has 1 saturated heterocycles. The van der Waals surface area contributed by atoms with Crippen molar-refractivity contribution in [3.8, 4) is 0 Å². The number of carbonyl (C=O) groups is 1. The highest BCUT2D eigenvalue weighted by molar-refractivity contribution is 5.94. The standard InChI is InChI=1S/C22H25N5O4/c28-22(17-5-7-18(8-6-17)27(29)30)23-10-9-21-24-19-3-1-2-4-20(19)26(21)12-11-25-13-15-31-16-14-25/h1-8H,9-16H2,(H,23,28). The van der Waals surface area contributed by atoms with E-state index in [9.17, 15) is 14.9 Å². The molecule has 31 heavy (non-hydrogen) atoms. The summed E-state index contributed by atoms with van der Waals surface area (Å²) < 4.78 is 7.65. The van der Waals surface area contributed by atoms with Gasteiger partial charge < -0.3 is 14.6 Å². The summed E-state index contributed by atoms with van der Waals surface area (Å²) in [5.41, 5.74) is 2.39. The first kappa shape index (κ1) is 21.0. The normalized spacial score (nSPS) is 14.6. The van der Waals surface area contributed by atoms with E-state index in [-0.39, 0.29) is 11.6 Å². The topological polar surface area (TPSA) is 103 Å². The van der Waals surface area contributed by atoms with E-state index in [1.165, 1.54) is 24.3 Å². The smallest absolute Gasteiger partial charge is 0.269 e. The van der Waals surface area contributed by atoms with Crippen LogP contribution < -0.4 is 5.32 Å². The van der Waals surface area contributed by atoms with Crippen molar-refractivity contribution >= 4 is 22.6 Å². The molecule has 0 atom stereocenters. The van der Waals surface area contributed by atoms with Crippen molar-refractivity contribution in [1.29, 1.82) is 0 Å². The highest BCUT2D eigenvalue weighted by Gasteiger charge is 2.15. The van der Waals surface area contributed by atoms with Crippen LogP contribution in [0.4, 0.5) is 5.69 Å². The predicted molar refractivity (Wildman–Crippen MR) is 116 cm³/mol. The van der Waals surface area contributed by atoms with Gasteiger partial charge in [0.15, 0.2) is 0 Å². The maximum atomic E-state index is 12.4. The number of nitro benzene ring substituents is 1. The lowest BCUT2D eigenvalue weighted by atomic mass is 10.2. The zero-order chi connectivity index (χ0) is 21.6. The number of hydrogen-bond acceptors (Lipinski definition) is 6. The largest absolute Gasteiger partial charge is 0.379 e. The van der Waals surface area contributed by atoms with Crippen molar-refractivity contribution in [3.63, 3.8) is 0 Å². The molecule has 9 nitrogen and oxygen atoms in total. The molecule has 1 amide bonds. The Morgan fingerprint density at radius 1 is 1.10 bits per heavy atom. The number of hydrogen-bond donors (Lipinski definition) is 1. The number of aromatic nitrogens is 2. The van der Waals surface area contributed by atoms with Crippen LogP contribution in [-0.4, -0.2) is 64.7 Å². The minimum Gasteiger partial charge on any atom is -0.379 e. The molecule has 0 bridgehead atoms. The molecule has 1 aliphatic rings. The van der Waals surface area contributed by atoms with Crippen molar-refractivity contribution < 1.29 is 14.5 Å². The maximum Gasteiger partial charge on any atom is 0.269 e. The number of benzene rings is 2. The van der Waals surface area contributed by atoms with Gasteiger partial charge in [-0.25, -0.2) is 4.98 Å². The molecule has 1 aromatic heterocycles. The summed E-state index contributed by atoms with van der Waals surface area (Å²) in [7, 11) is 0. The van der Waals surface area contributed by atoms with Crippen LogP contribution in [0.5, 0.6) is 0 Å². The van der Waals surface area contributed by atoms with Gasteiger partial charge in [0.05, 0.1) is 29.2 Å².